The molecule has 0 bridgehead atoms. The number of amides is 2. The van der Waals surface area contributed by atoms with Crippen LogP contribution < -0.4 is 16.6 Å². The van der Waals surface area contributed by atoms with Gasteiger partial charge in [0.05, 0.1) is 0 Å². The van der Waals surface area contributed by atoms with E-state index in [2.05, 4.69) is 30.8 Å². The highest BCUT2D eigenvalue weighted by molar-refractivity contribution is 7.98. The molecule has 0 unspecified atom stereocenters. The number of hydrogen-bond acceptors (Lipinski definition) is 8. The molecule has 0 aliphatic heterocycles. The molecule has 0 fully saturated rings. The van der Waals surface area contributed by atoms with Crippen molar-refractivity contribution in [1.82, 2.24) is 30.8 Å². The Morgan fingerprint density at radius 2 is 1.59 bits per heavy atom. The van der Waals surface area contributed by atoms with Gasteiger partial charge in [-0.3, -0.25) is 20.4 Å². The summed E-state index contributed by atoms with van der Waals surface area (Å²) in [7, 11) is 0. The molecule has 2 heterocycles. The molecule has 0 aliphatic rings. The highest BCUT2D eigenvalue weighted by Gasteiger charge is 2.13. The van der Waals surface area contributed by atoms with E-state index in [9.17, 15) is 9.59 Å². The number of thioether (sulfide) groups is 1. The highest BCUT2D eigenvalue weighted by atomic mass is 32.2. The van der Waals surface area contributed by atoms with Crippen molar-refractivity contribution in [3.05, 3.63) is 70.9 Å². The van der Waals surface area contributed by atoms with Crippen molar-refractivity contribution in [2.45, 2.75) is 24.8 Å². The second kappa shape index (κ2) is 9.11. The van der Waals surface area contributed by atoms with Crippen molar-refractivity contribution in [3.8, 4) is 0 Å². The largest absolute Gasteiger partial charge is 0.382 e. The number of aromatic nitrogens is 4. The van der Waals surface area contributed by atoms with Crippen LogP contribution in [0.15, 0.2) is 47.9 Å². The summed E-state index contributed by atoms with van der Waals surface area (Å²) >= 11 is 1.52. The molecule has 0 saturated carbocycles. The third-order valence-electron chi connectivity index (χ3n) is 3.78. The number of nitrogens with zero attached hydrogens (tertiary/aromatic N) is 4. The van der Waals surface area contributed by atoms with Gasteiger partial charge in [0.1, 0.15) is 0 Å². The maximum atomic E-state index is 12.2. The summed E-state index contributed by atoms with van der Waals surface area (Å²) in [4.78, 5) is 40.6. The maximum Gasteiger partial charge on any atom is 0.292 e. The Hall–Kier alpha value is -3.53. The lowest BCUT2D eigenvalue weighted by molar-refractivity contribution is 0.0844. The average molecular weight is 409 g/mol. The second-order valence-corrected chi connectivity index (χ2v) is 7.06. The second-order valence-electron chi connectivity index (χ2n) is 6.12. The van der Waals surface area contributed by atoms with Crippen LogP contribution in [0.5, 0.6) is 0 Å². The molecule has 0 saturated heterocycles. The Labute approximate surface area is 171 Å². The van der Waals surface area contributed by atoms with E-state index < -0.39 is 11.8 Å². The number of carbonyl (C=O) groups excluding carboxylic acids is 2. The lowest BCUT2D eigenvalue weighted by Crippen LogP contribution is -2.42. The fourth-order valence-corrected chi connectivity index (χ4v) is 3.33. The molecular weight excluding hydrogens is 390 g/mol. The number of nitrogen functional groups attached to an aromatic ring is 1. The molecule has 10 heteroatoms. The van der Waals surface area contributed by atoms with E-state index in [1.54, 1.807) is 12.1 Å². The Morgan fingerprint density at radius 1 is 0.966 bits per heavy atom. The van der Waals surface area contributed by atoms with Crippen LogP contribution in [0.4, 0.5) is 5.82 Å². The van der Waals surface area contributed by atoms with E-state index >= 15 is 0 Å². The first-order valence-electron chi connectivity index (χ1n) is 8.63. The van der Waals surface area contributed by atoms with Crippen LogP contribution >= 0.6 is 11.8 Å². The molecule has 1 aromatic carbocycles. The number of nitrogens with one attached hydrogen (secondary N) is 2. The minimum absolute atomic E-state index is 0.0196. The summed E-state index contributed by atoms with van der Waals surface area (Å²) in [5.41, 5.74) is 13.4. The third-order valence-corrected chi connectivity index (χ3v) is 4.70. The van der Waals surface area contributed by atoms with Crippen LogP contribution in [0.25, 0.3) is 0 Å². The summed E-state index contributed by atoms with van der Waals surface area (Å²) in [6, 6.07) is 8.96. The summed E-state index contributed by atoms with van der Waals surface area (Å²) < 4.78 is 0. The van der Waals surface area contributed by atoms with Crippen molar-refractivity contribution < 1.29 is 9.59 Å². The Bertz CT molecular complexity index is 1020. The van der Waals surface area contributed by atoms with Gasteiger partial charge in [-0.25, -0.2) is 19.9 Å². The van der Waals surface area contributed by atoms with Crippen molar-refractivity contribution in [1.29, 1.82) is 0 Å². The van der Waals surface area contributed by atoms with Crippen molar-refractivity contribution in [3.63, 3.8) is 0 Å². The molecule has 0 atom stereocenters. The number of hydrazine groups is 1. The molecule has 2 aromatic heterocycles. The first-order chi connectivity index (χ1) is 13.9. The Morgan fingerprint density at radius 3 is 2.24 bits per heavy atom. The van der Waals surface area contributed by atoms with Crippen LogP contribution in [0.3, 0.4) is 0 Å². The molecule has 3 rings (SSSR count). The summed E-state index contributed by atoms with van der Waals surface area (Å²) in [5, 5.41) is 0.718. The highest BCUT2D eigenvalue weighted by Crippen LogP contribution is 2.20. The van der Waals surface area contributed by atoms with Crippen molar-refractivity contribution in [2.75, 3.05) is 5.73 Å². The van der Waals surface area contributed by atoms with Gasteiger partial charge in [0.15, 0.2) is 16.7 Å². The van der Waals surface area contributed by atoms with E-state index in [0.29, 0.717) is 11.3 Å². The third kappa shape index (κ3) is 5.48. The zero-order chi connectivity index (χ0) is 20.8. The molecule has 0 radical (unpaired) electrons. The standard InChI is InChI=1S/C19H19N7O2S/c1-11-9-12(2)24-19(23-11)29-10-13-3-5-14(6-4-13)17(27)25-26-18(28)15-16(20)22-8-7-21-15/h3-9H,10H2,1-2H3,(H2,20,22)(H,25,27)(H,26,28). The first kappa shape index (κ1) is 20.2. The number of anilines is 1. The molecule has 3 aromatic rings. The Kier molecular flexibility index (Phi) is 6.35. The van der Waals surface area contributed by atoms with Gasteiger partial charge in [0.25, 0.3) is 11.8 Å². The zero-order valence-electron chi connectivity index (χ0n) is 15.8. The van der Waals surface area contributed by atoms with E-state index in [4.69, 9.17) is 5.73 Å². The van der Waals surface area contributed by atoms with Gasteiger partial charge in [-0.2, -0.15) is 0 Å². The van der Waals surface area contributed by atoms with Gasteiger partial charge in [-0.15, -0.1) is 0 Å². The van der Waals surface area contributed by atoms with Crippen LogP contribution in [-0.2, 0) is 5.75 Å². The van der Waals surface area contributed by atoms with E-state index in [1.807, 2.05) is 32.0 Å². The molecule has 0 spiro atoms. The predicted molar refractivity (Wildman–Crippen MR) is 109 cm³/mol. The topological polar surface area (TPSA) is 136 Å². The smallest absolute Gasteiger partial charge is 0.292 e. The normalized spacial score (nSPS) is 10.4. The molecule has 0 aliphatic carbocycles. The van der Waals surface area contributed by atoms with Gasteiger partial charge in [-0.05, 0) is 37.6 Å². The maximum absolute atomic E-state index is 12.2. The quantitative estimate of drug-likeness (QED) is 0.330. The fourth-order valence-electron chi connectivity index (χ4n) is 2.43. The molecule has 4 N–H and O–H groups in total. The van der Waals surface area contributed by atoms with Crippen LogP contribution in [0.1, 0.15) is 37.8 Å². The van der Waals surface area contributed by atoms with E-state index in [-0.39, 0.29) is 11.5 Å². The van der Waals surface area contributed by atoms with Crippen molar-refractivity contribution in [2.24, 2.45) is 0 Å². The fraction of sp³-hybridized carbons (Fsp3) is 0.158. The summed E-state index contributed by atoms with van der Waals surface area (Å²) in [6.07, 6.45) is 2.71. The van der Waals surface area contributed by atoms with Crippen LogP contribution in [-0.4, -0.2) is 31.8 Å². The predicted octanol–water partition coefficient (Wildman–Crippen LogP) is 1.83. The number of carbonyl (C=O) groups is 2. The zero-order valence-corrected chi connectivity index (χ0v) is 16.7. The summed E-state index contributed by atoms with van der Waals surface area (Å²) in [5.74, 6) is -0.454. The average Bonchev–Trinajstić information content (AvgIpc) is 2.70. The number of hydrogen-bond donors (Lipinski definition) is 3. The molecule has 29 heavy (non-hydrogen) atoms. The van der Waals surface area contributed by atoms with Gasteiger partial charge in [-0.1, -0.05) is 23.9 Å². The van der Waals surface area contributed by atoms with Gasteiger partial charge < -0.3 is 5.73 Å². The monoisotopic (exact) mass is 409 g/mol. The SMILES string of the molecule is Cc1cc(C)nc(SCc2ccc(C(=O)NNC(=O)c3nccnc3N)cc2)n1. The Balaban J connectivity index is 1.54. The molecular formula is C19H19N7O2S. The minimum Gasteiger partial charge on any atom is -0.382 e. The number of rotatable bonds is 5. The van der Waals surface area contributed by atoms with Crippen LogP contribution in [0, 0.1) is 13.8 Å². The molecule has 2 amide bonds. The van der Waals surface area contributed by atoms with Crippen molar-refractivity contribution >= 4 is 29.4 Å². The van der Waals surface area contributed by atoms with Gasteiger partial charge in [0.2, 0.25) is 0 Å². The summed E-state index contributed by atoms with van der Waals surface area (Å²) in [6.45, 7) is 3.87. The minimum atomic E-state index is -0.648. The lowest BCUT2D eigenvalue weighted by Gasteiger charge is -2.08. The molecule has 148 valence electrons. The number of aryl methyl sites for hydroxylation is 2. The van der Waals surface area contributed by atoms with E-state index in [1.165, 1.54) is 24.2 Å². The van der Waals surface area contributed by atoms with Gasteiger partial charge >= 0.3 is 0 Å². The number of nitrogens with two attached hydrogens (primary N) is 1. The molecule has 9 nitrogen and oxygen atoms in total. The van der Waals surface area contributed by atoms with Crippen LogP contribution in [0.2, 0.25) is 0 Å². The lowest BCUT2D eigenvalue weighted by atomic mass is 10.1. The van der Waals surface area contributed by atoms with Gasteiger partial charge in [0, 0.05) is 35.1 Å². The first-order valence-corrected chi connectivity index (χ1v) is 9.62. The van der Waals surface area contributed by atoms with E-state index in [0.717, 1.165) is 22.1 Å². The number of benzene rings is 1.